The van der Waals surface area contributed by atoms with Crippen molar-refractivity contribution in [3.05, 3.63) is 58.9 Å². The Bertz CT molecular complexity index is 970. The summed E-state index contributed by atoms with van der Waals surface area (Å²) in [4.78, 5) is 12.6. The molecule has 0 aliphatic carbocycles. The minimum Gasteiger partial charge on any atom is -0.380 e. The largest absolute Gasteiger partial charge is 0.380 e. The minimum atomic E-state index is -3.76. The monoisotopic (exact) mass is 392 g/mol. The molecule has 0 aromatic heterocycles. The van der Waals surface area contributed by atoms with Crippen molar-refractivity contribution in [2.75, 3.05) is 18.5 Å². The molecule has 0 radical (unpaired) electrons. The van der Waals surface area contributed by atoms with Crippen LogP contribution in [0, 0.1) is 19.7 Å². The maximum atomic E-state index is 13.4. The predicted octanol–water partition coefficient (Wildman–Crippen LogP) is 2.76. The third-order valence-electron chi connectivity index (χ3n) is 4.43. The van der Waals surface area contributed by atoms with Crippen molar-refractivity contribution in [2.24, 2.45) is 0 Å². The van der Waals surface area contributed by atoms with Gasteiger partial charge in [-0.2, -0.15) is 0 Å². The lowest BCUT2D eigenvalue weighted by atomic mass is 10.1. The molecule has 0 spiro atoms. The summed E-state index contributed by atoms with van der Waals surface area (Å²) in [5, 5.41) is 2.68. The van der Waals surface area contributed by atoms with Gasteiger partial charge < -0.3 is 10.1 Å². The standard InChI is InChI=1S/C19H21FN2O4S/c1-12-3-5-16(27(24,25)22-15-7-8-26-11-15)10-17(12)19(23)21-14-4-6-18(20)13(2)9-14/h3-6,9-10,15,22H,7-8,11H2,1-2H3,(H,21,23)/t15-/m0/s1. The molecular weight excluding hydrogens is 371 g/mol. The molecule has 3 rings (SSSR count). The number of nitrogens with one attached hydrogen (secondary N) is 2. The quantitative estimate of drug-likeness (QED) is 0.820. The molecule has 0 unspecified atom stereocenters. The fourth-order valence-electron chi connectivity index (χ4n) is 2.85. The molecule has 1 amide bonds. The van der Waals surface area contributed by atoms with Crippen molar-refractivity contribution >= 4 is 21.6 Å². The Balaban J connectivity index is 1.83. The summed E-state index contributed by atoms with van der Waals surface area (Å²) in [6.45, 7) is 4.18. The molecule has 1 atom stereocenters. The van der Waals surface area contributed by atoms with E-state index in [1.807, 2.05) is 0 Å². The summed E-state index contributed by atoms with van der Waals surface area (Å²) in [6.07, 6.45) is 0.613. The van der Waals surface area contributed by atoms with Gasteiger partial charge in [-0.05, 0) is 61.7 Å². The second-order valence-corrected chi connectivity index (χ2v) is 8.29. The van der Waals surface area contributed by atoms with E-state index >= 15 is 0 Å². The van der Waals surface area contributed by atoms with E-state index in [0.717, 1.165) is 0 Å². The van der Waals surface area contributed by atoms with Gasteiger partial charge in [-0.25, -0.2) is 17.5 Å². The molecule has 2 N–H and O–H groups in total. The van der Waals surface area contributed by atoms with Crippen molar-refractivity contribution in [3.63, 3.8) is 0 Å². The second-order valence-electron chi connectivity index (χ2n) is 6.58. The van der Waals surface area contributed by atoms with Gasteiger partial charge in [-0.15, -0.1) is 0 Å². The highest BCUT2D eigenvalue weighted by atomic mass is 32.2. The molecule has 6 nitrogen and oxygen atoms in total. The number of ether oxygens (including phenoxy) is 1. The Kier molecular flexibility index (Phi) is 5.59. The van der Waals surface area contributed by atoms with E-state index in [2.05, 4.69) is 10.0 Å². The molecule has 1 heterocycles. The van der Waals surface area contributed by atoms with Crippen LogP contribution in [0.25, 0.3) is 0 Å². The lowest BCUT2D eigenvalue weighted by Gasteiger charge is -2.14. The van der Waals surface area contributed by atoms with Crippen molar-refractivity contribution < 1.29 is 22.3 Å². The topological polar surface area (TPSA) is 84.5 Å². The molecule has 2 aromatic carbocycles. The van der Waals surface area contributed by atoms with Crippen molar-refractivity contribution in [2.45, 2.75) is 31.2 Å². The molecular formula is C19H21FN2O4S. The van der Waals surface area contributed by atoms with Crippen LogP contribution in [-0.4, -0.2) is 33.6 Å². The number of aryl methyl sites for hydroxylation is 2. The number of carbonyl (C=O) groups excluding carboxylic acids is 1. The van der Waals surface area contributed by atoms with Gasteiger partial charge in [-0.1, -0.05) is 6.07 Å². The Morgan fingerprint density at radius 1 is 1.15 bits per heavy atom. The molecule has 144 valence electrons. The molecule has 8 heteroatoms. The highest BCUT2D eigenvalue weighted by Gasteiger charge is 2.24. The first-order chi connectivity index (χ1) is 12.8. The average Bonchev–Trinajstić information content (AvgIpc) is 3.10. The Labute approximate surface area is 157 Å². The number of amides is 1. The smallest absolute Gasteiger partial charge is 0.255 e. The number of rotatable bonds is 5. The maximum Gasteiger partial charge on any atom is 0.255 e. The number of halogens is 1. The molecule has 0 bridgehead atoms. The molecule has 1 fully saturated rings. The number of sulfonamides is 1. The summed E-state index contributed by atoms with van der Waals surface area (Å²) >= 11 is 0. The van der Waals surface area contributed by atoms with E-state index < -0.39 is 15.9 Å². The van der Waals surface area contributed by atoms with Gasteiger partial charge in [0.1, 0.15) is 5.82 Å². The first kappa shape index (κ1) is 19.5. The zero-order chi connectivity index (χ0) is 19.6. The Morgan fingerprint density at radius 3 is 2.59 bits per heavy atom. The van der Waals surface area contributed by atoms with Crippen LogP contribution in [0.15, 0.2) is 41.3 Å². The van der Waals surface area contributed by atoms with Gasteiger partial charge in [0, 0.05) is 23.9 Å². The van der Waals surface area contributed by atoms with Crippen molar-refractivity contribution in [1.82, 2.24) is 4.72 Å². The van der Waals surface area contributed by atoms with Gasteiger partial charge in [0.05, 0.1) is 11.5 Å². The lowest BCUT2D eigenvalue weighted by molar-refractivity contribution is 0.102. The van der Waals surface area contributed by atoms with E-state index in [4.69, 9.17) is 4.74 Å². The van der Waals surface area contributed by atoms with E-state index in [-0.39, 0.29) is 22.3 Å². The third-order valence-corrected chi connectivity index (χ3v) is 5.95. The molecule has 0 saturated carbocycles. The Morgan fingerprint density at radius 2 is 1.93 bits per heavy atom. The van der Waals surface area contributed by atoms with E-state index in [0.29, 0.717) is 36.4 Å². The van der Waals surface area contributed by atoms with Gasteiger partial charge in [-0.3, -0.25) is 4.79 Å². The minimum absolute atomic E-state index is 0.0143. The van der Waals surface area contributed by atoms with Gasteiger partial charge >= 0.3 is 0 Å². The number of hydrogen-bond donors (Lipinski definition) is 2. The van der Waals surface area contributed by atoms with E-state index in [1.165, 1.54) is 30.3 Å². The van der Waals surface area contributed by atoms with Crippen LogP contribution in [0.3, 0.4) is 0 Å². The number of carbonyl (C=O) groups is 1. The van der Waals surface area contributed by atoms with E-state index in [9.17, 15) is 17.6 Å². The van der Waals surface area contributed by atoms with Crippen LogP contribution in [0.5, 0.6) is 0 Å². The number of benzene rings is 2. The third kappa shape index (κ3) is 4.52. The van der Waals surface area contributed by atoms with Crippen molar-refractivity contribution in [1.29, 1.82) is 0 Å². The Hall–Kier alpha value is -2.29. The van der Waals surface area contributed by atoms with Crippen LogP contribution in [-0.2, 0) is 14.8 Å². The fourth-order valence-corrected chi connectivity index (χ4v) is 4.13. The van der Waals surface area contributed by atoms with Crippen LogP contribution in [0.2, 0.25) is 0 Å². The van der Waals surface area contributed by atoms with Crippen LogP contribution in [0.1, 0.15) is 27.9 Å². The van der Waals surface area contributed by atoms with Crippen molar-refractivity contribution in [3.8, 4) is 0 Å². The van der Waals surface area contributed by atoms with Gasteiger partial charge in [0.2, 0.25) is 10.0 Å². The average molecular weight is 392 g/mol. The summed E-state index contributed by atoms with van der Waals surface area (Å²) in [6, 6.07) is 8.38. The summed E-state index contributed by atoms with van der Waals surface area (Å²) in [7, 11) is -3.76. The number of anilines is 1. The van der Waals surface area contributed by atoms with Gasteiger partial charge in [0.25, 0.3) is 5.91 Å². The van der Waals surface area contributed by atoms with Crippen LogP contribution in [0.4, 0.5) is 10.1 Å². The predicted molar refractivity (Wildman–Crippen MR) is 99.8 cm³/mol. The first-order valence-electron chi connectivity index (χ1n) is 8.54. The maximum absolute atomic E-state index is 13.4. The highest BCUT2D eigenvalue weighted by molar-refractivity contribution is 7.89. The van der Waals surface area contributed by atoms with Crippen LogP contribution >= 0.6 is 0 Å². The second kappa shape index (κ2) is 7.75. The SMILES string of the molecule is Cc1cc(NC(=O)c2cc(S(=O)(=O)N[C@H]3CCOC3)ccc2C)ccc1F. The molecule has 1 aliphatic heterocycles. The molecule has 27 heavy (non-hydrogen) atoms. The molecule has 2 aromatic rings. The summed E-state index contributed by atoms with van der Waals surface area (Å²) < 4.78 is 46.3. The van der Waals surface area contributed by atoms with Gasteiger partial charge in [0.15, 0.2) is 0 Å². The zero-order valence-electron chi connectivity index (χ0n) is 15.1. The summed E-state index contributed by atoms with van der Waals surface area (Å²) in [5.74, 6) is -0.820. The van der Waals surface area contributed by atoms with E-state index in [1.54, 1.807) is 19.9 Å². The number of hydrogen-bond acceptors (Lipinski definition) is 4. The molecule has 1 aliphatic rings. The first-order valence-corrected chi connectivity index (χ1v) is 10.0. The molecule has 1 saturated heterocycles. The normalized spacial score (nSPS) is 17.1. The zero-order valence-corrected chi connectivity index (χ0v) is 15.9. The summed E-state index contributed by atoms with van der Waals surface area (Å²) in [5.41, 5.74) is 1.72. The van der Waals surface area contributed by atoms with Crippen LogP contribution < -0.4 is 10.0 Å². The fraction of sp³-hybridized carbons (Fsp3) is 0.316. The lowest BCUT2D eigenvalue weighted by Crippen LogP contribution is -2.35. The highest BCUT2D eigenvalue weighted by Crippen LogP contribution is 2.20.